The molecule has 9 heteroatoms. The number of nitrogens with zero attached hydrogens (tertiary/aromatic N) is 2. The molecule has 5 nitrogen and oxygen atoms in total. The zero-order valence-corrected chi connectivity index (χ0v) is 20.4. The Kier molecular flexibility index (Phi) is 7.22. The maximum absolute atomic E-state index is 14.0. The molecular formula is C23H25ClFN3O2S2. The fraction of sp³-hybridized carbons (Fsp3) is 0.435. The molecule has 2 aromatic heterocycles. The van der Waals surface area contributed by atoms with Gasteiger partial charge < -0.3 is 5.32 Å². The van der Waals surface area contributed by atoms with Crippen LogP contribution < -0.4 is 10.9 Å². The summed E-state index contributed by atoms with van der Waals surface area (Å²) >= 11 is 8.58. The summed E-state index contributed by atoms with van der Waals surface area (Å²) in [4.78, 5) is 32.8. The van der Waals surface area contributed by atoms with Crippen molar-refractivity contribution in [3.8, 4) is 0 Å². The maximum atomic E-state index is 14.0. The maximum Gasteiger partial charge on any atom is 0.263 e. The minimum atomic E-state index is -0.589. The molecule has 0 radical (unpaired) electrons. The monoisotopic (exact) mass is 493 g/mol. The number of anilines is 1. The first-order chi connectivity index (χ1) is 15.3. The molecule has 0 aliphatic heterocycles. The third-order valence-corrected chi connectivity index (χ3v) is 7.90. The number of aromatic nitrogens is 2. The summed E-state index contributed by atoms with van der Waals surface area (Å²) in [5.41, 5.74) is 1.23. The zero-order valence-electron chi connectivity index (χ0n) is 18.0. The molecule has 32 heavy (non-hydrogen) atoms. The second-order valence-electron chi connectivity index (χ2n) is 8.39. The number of hydrogen-bond acceptors (Lipinski definition) is 5. The molecule has 4 rings (SSSR count). The number of carbonyl (C=O) groups excluding carboxylic acids is 1. The molecule has 1 amide bonds. The highest BCUT2D eigenvalue weighted by molar-refractivity contribution is 7.99. The van der Waals surface area contributed by atoms with Gasteiger partial charge >= 0.3 is 0 Å². The standard InChI is InChI=1S/C23H25ClFN3O2S2/c1-13(2)9-10-28-22(30)20-15-5-3-4-6-18(15)32-21(20)27-23(28)31-12-19(29)26-17-8-7-14(24)11-16(17)25/h7-8,11,13H,3-6,9-10,12H2,1-2H3,(H,26,29). The van der Waals surface area contributed by atoms with Crippen LogP contribution in [0.1, 0.15) is 43.6 Å². The van der Waals surface area contributed by atoms with E-state index in [9.17, 15) is 14.0 Å². The van der Waals surface area contributed by atoms with Crippen molar-refractivity contribution < 1.29 is 9.18 Å². The molecule has 170 valence electrons. The highest BCUT2D eigenvalue weighted by Crippen LogP contribution is 2.35. The molecule has 0 saturated carbocycles. The molecule has 1 aliphatic rings. The quantitative estimate of drug-likeness (QED) is 0.328. The van der Waals surface area contributed by atoms with Crippen LogP contribution in [0, 0.1) is 11.7 Å². The number of halogens is 2. The van der Waals surface area contributed by atoms with Gasteiger partial charge in [0.25, 0.3) is 5.56 Å². The van der Waals surface area contributed by atoms with E-state index in [1.165, 1.54) is 34.3 Å². The van der Waals surface area contributed by atoms with Crippen molar-refractivity contribution in [2.24, 2.45) is 5.92 Å². The van der Waals surface area contributed by atoms with E-state index < -0.39 is 5.82 Å². The summed E-state index contributed by atoms with van der Waals surface area (Å²) in [5.74, 6) is -0.505. The number of carbonyl (C=O) groups is 1. The molecule has 0 fully saturated rings. The highest BCUT2D eigenvalue weighted by atomic mass is 35.5. The van der Waals surface area contributed by atoms with Gasteiger partial charge in [0.05, 0.1) is 16.8 Å². The van der Waals surface area contributed by atoms with Crippen LogP contribution in [0.3, 0.4) is 0 Å². The molecular weight excluding hydrogens is 469 g/mol. The Morgan fingerprint density at radius 2 is 2.12 bits per heavy atom. The summed E-state index contributed by atoms with van der Waals surface area (Å²) in [5, 5.41) is 4.12. The number of benzene rings is 1. The van der Waals surface area contributed by atoms with Crippen LogP contribution >= 0.6 is 34.7 Å². The molecule has 1 aliphatic carbocycles. The van der Waals surface area contributed by atoms with Crippen LogP contribution in [0.5, 0.6) is 0 Å². The minimum Gasteiger partial charge on any atom is -0.323 e. The lowest BCUT2D eigenvalue weighted by molar-refractivity contribution is -0.113. The molecule has 0 unspecified atom stereocenters. The topological polar surface area (TPSA) is 64.0 Å². The number of thioether (sulfide) groups is 1. The first-order valence-corrected chi connectivity index (χ1v) is 12.9. The van der Waals surface area contributed by atoms with Crippen molar-refractivity contribution in [1.82, 2.24) is 9.55 Å². The number of fused-ring (bicyclic) bond motifs is 3. The van der Waals surface area contributed by atoms with Gasteiger partial charge in [-0.1, -0.05) is 37.2 Å². The first-order valence-electron chi connectivity index (χ1n) is 10.8. The van der Waals surface area contributed by atoms with Crippen molar-refractivity contribution in [2.45, 2.75) is 57.7 Å². The highest BCUT2D eigenvalue weighted by Gasteiger charge is 2.22. The predicted molar refractivity (Wildman–Crippen MR) is 131 cm³/mol. The van der Waals surface area contributed by atoms with Crippen LogP contribution in [0.15, 0.2) is 28.2 Å². The second-order valence-corrected chi connectivity index (χ2v) is 10.8. The summed E-state index contributed by atoms with van der Waals surface area (Å²) in [6.07, 6.45) is 5.01. The second kappa shape index (κ2) is 9.93. The SMILES string of the molecule is CC(C)CCn1c(SCC(=O)Nc2ccc(Cl)cc2F)nc2sc3c(c2c1=O)CCCC3. The van der Waals surface area contributed by atoms with Gasteiger partial charge in [-0.15, -0.1) is 11.3 Å². The van der Waals surface area contributed by atoms with Gasteiger partial charge in [0.2, 0.25) is 5.91 Å². The molecule has 1 aromatic carbocycles. The van der Waals surface area contributed by atoms with E-state index in [0.29, 0.717) is 17.6 Å². The number of aryl methyl sites for hydroxylation is 2. The third kappa shape index (κ3) is 5.02. The Morgan fingerprint density at radius 3 is 2.88 bits per heavy atom. The van der Waals surface area contributed by atoms with Crippen LogP contribution in [-0.4, -0.2) is 21.2 Å². The van der Waals surface area contributed by atoms with Crippen LogP contribution in [0.2, 0.25) is 5.02 Å². The largest absolute Gasteiger partial charge is 0.323 e. The fourth-order valence-electron chi connectivity index (χ4n) is 3.82. The molecule has 0 spiro atoms. The molecule has 3 aromatic rings. The van der Waals surface area contributed by atoms with Gasteiger partial charge in [0, 0.05) is 16.4 Å². The van der Waals surface area contributed by atoms with E-state index in [2.05, 4.69) is 19.2 Å². The Morgan fingerprint density at radius 1 is 1.34 bits per heavy atom. The van der Waals surface area contributed by atoms with Gasteiger partial charge in [-0.05, 0) is 61.8 Å². The number of nitrogens with one attached hydrogen (secondary N) is 1. The van der Waals surface area contributed by atoms with Crippen molar-refractivity contribution in [3.63, 3.8) is 0 Å². The van der Waals surface area contributed by atoms with Crippen LogP contribution in [0.25, 0.3) is 10.2 Å². The Labute approximate surface area is 199 Å². The normalized spacial score (nSPS) is 13.5. The predicted octanol–water partition coefficient (Wildman–Crippen LogP) is 5.91. The molecule has 0 saturated heterocycles. The number of thiophene rings is 1. The van der Waals surface area contributed by atoms with Gasteiger partial charge in [0.1, 0.15) is 10.6 Å². The van der Waals surface area contributed by atoms with Crippen molar-refractivity contribution in [2.75, 3.05) is 11.1 Å². The van der Waals surface area contributed by atoms with Crippen LogP contribution in [-0.2, 0) is 24.2 Å². The average Bonchev–Trinajstić information content (AvgIpc) is 3.12. The van der Waals surface area contributed by atoms with Gasteiger partial charge in [0.15, 0.2) is 5.16 Å². The Balaban J connectivity index is 1.60. The van der Waals surface area contributed by atoms with Gasteiger partial charge in [-0.2, -0.15) is 0 Å². The minimum absolute atomic E-state index is 0.0123. The first kappa shape index (κ1) is 23.3. The van der Waals surface area contributed by atoms with E-state index in [1.54, 1.807) is 15.9 Å². The lowest BCUT2D eigenvalue weighted by Crippen LogP contribution is -2.25. The number of hydrogen-bond donors (Lipinski definition) is 1. The van der Waals surface area contributed by atoms with Crippen molar-refractivity contribution in [1.29, 1.82) is 0 Å². The third-order valence-electron chi connectivity index (χ3n) is 5.51. The van der Waals surface area contributed by atoms with Gasteiger partial charge in [-0.3, -0.25) is 14.2 Å². The van der Waals surface area contributed by atoms with E-state index in [1.807, 2.05) is 0 Å². The smallest absolute Gasteiger partial charge is 0.263 e. The number of amides is 1. The Bertz CT molecular complexity index is 1220. The Hall–Kier alpha value is -1.90. The van der Waals surface area contributed by atoms with Crippen molar-refractivity contribution >= 4 is 56.5 Å². The van der Waals surface area contributed by atoms with Gasteiger partial charge in [-0.25, -0.2) is 9.37 Å². The lowest BCUT2D eigenvalue weighted by atomic mass is 9.97. The van der Waals surface area contributed by atoms with E-state index in [4.69, 9.17) is 16.6 Å². The summed E-state index contributed by atoms with van der Waals surface area (Å²) in [7, 11) is 0. The van der Waals surface area contributed by atoms with Crippen molar-refractivity contribution in [3.05, 3.63) is 49.8 Å². The molecule has 2 heterocycles. The van der Waals surface area contributed by atoms with E-state index in [-0.39, 0.29) is 27.9 Å². The lowest BCUT2D eigenvalue weighted by Gasteiger charge is -2.14. The summed E-state index contributed by atoms with van der Waals surface area (Å²) in [6, 6.07) is 4.10. The molecule has 0 atom stereocenters. The van der Waals surface area contributed by atoms with E-state index in [0.717, 1.165) is 48.4 Å². The summed E-state index contributed by atoms with van der Waals surface area (Å²) < 4.78 is 15.7. The molecule has 0 bridgehead atoms. The fourth-order valence-corrected chi connectivity index (χ4v) is 6.11. The average molecular weight is 494 g/mol. The van der Waals surface area contributed by atoms with Crippen LogP contribution in [0.4, 0.5) is 10.1 Å². The zero-order chi connectivity index (χ0) is 22.8. The summed E-state index contributed by atoms with van der Waals surface area (Å²) in [6.45, 7) is 4.79. The molecule has 1 N–H and O–H groups in total. The number of rotatable bonds is 7. The van der Waals surface area contributed by atoms with E-state index >= 15 is 0 Å².